The Morgan fingerprint density at radius 3 is 1.28 bits per heavy atom. The molecule has 2 aromatic carbocycles. The van der Waals surface area contributed by atoms with Crippen LogP contribution in [0.25, 0.3) is 0 Å². The zero-order chi connectivity index (χ0) is 12.8. The van der Waals surface area contributed by atoms with E-state index >= 15 is 0 Å². The van der Waals surface area contributed by atoms with Crippen LogP contribution in [0, 0.1) is 21.8 Å². The number of rotatable bonds is 2. The first kappa shape index (κ1) is 14.0. The van der Waals surface area contributed by atoms with Gasteiger partial charge in [-0.1, -0.05) is 0 Å². The molecular formula is C16H14Te2. The fourth-order valence-corrected chi connectivity index (χ4v) is 5.43. The second kappa shape index (κ2) is 7.24. The zero-order valence-electron chi connectivity index (χ0n) is 10.4. The molecule has 0 fully saturated rings. The summed E-state index contributed by atoms with van der Waals surface area (Å²) in [6.07, 6.45) is 0. The van der Waals surface area contributed by atoms with Gasteiger partial charge in [-0.05, 0) is 0 Å². The minimum atomic E-state index is -0.300. The second-order valence-corrected chi connectivity index (χ2v) is 9.06. The molecule has 0 aliphatic rings. The van der Waals surface area contributed by atoms with Crippen LogP contribution >= 0.6 is 0 Å². The minimum absolute atomic E-state index is 0.300. The van der Waals surface area contributed by atoms with Gasteiger partial charge in [-0.3, -0.25) is 0 Å². The van der Waals surface area contributed by atoms with Crippen LogP contribution in [0.15, 0.2) is 48.5 Å². The Morgan fingerprint density at radius 1 is 0.611 bits per heavy atom. The van der Waals surface area contributed by atoms with Gasteiger partial charge in [-0.15, -0.1) is 0 Å². The number of hydrogen-bond acceptors (Lipinski definition) is 0. The van der Waals surface area contributed by atoms with Crippen LogP contribution in [0.2, 0.25) is 0 Å². The molecule has 0 saturated heterocycles. The van der Waals surface area contributed by atoms with Gasteiger partial charge in [0, 0.05) is 0 Å². The van der Waals surface area contributed by atoms with Crippen molar-refractivity contribution in [3.63, 3.8) is 0 Å². The number of hydrogen-bond donors (Lipinski definition) is 0. The molecular weight excluding hydrogens is 447 g/mol. The number of benzene rings is 2. The molecule has 0 N–H and O–H groups in total. The predicted octanol–water partition coefficient (Wildman–Crippen LogP) is 1.58. The summed E-state index contributed by atoms with van der Waals surface area (Å²) in [5.74, 6) is 0. The van der Waals surface area contributed by atoms with Gasteiger partial charge in [0.25, 0.3) is 0 Å². The van der Waals surface area contributed by atoms with Crippen LogP contribution in [0.5, 0.6) is 0 Å². The van der Waals surface area contributed by atoms with Gasteiger partial charge >= 0.3 is 131 Å². The van der Waals surface area contributed by atoms with Crippen molar-refractivity contribution in [3.05, 3.63) is 59.7 Å². The summed E-state index contributed by atoms with van der Waals surface area (Å²) in [5.41, 5.74) is 2.65. The summed E-state index contributed by atoms with van der Waals surface area (Å²) in [6, 6.07) is 17.6. The molecule has 0 saturated carbocycles. The average Bonchev–Trinajstić information content (AvgIpc) is 2.39. The molecule has 0 heterocycles. The van der Waals surface area contributed by atoms with Crippen LogP contribution in [0.4, 0.5) is 0 Å². The van der Waals surface area contributed by atoms with Crippen LogP contribution in [-0.4, -0.2) is 41.8 Å². The standard InChI is InChI=1S/C16H14Te2/c1-13-3-7-15(8-4-13)17-11-12-18-16-9-5-14(2)6-10-16/h3-10H,1-2H3. The normalized spacial score (nSPS) is 9.67. The molecule has 0 aliphatic heterocycles. The molecule has 0 aliphatic carbocycles. The molecule has 2 rings (SSSR count). The Morgan fingerprint density at radius 2 is 0.944 bits per heavy atom. The molecule has 0 unspecified atom stereocenters. The van der Waals surface area contributed by atoms with E-state index in [9.17, 15) is 0 Å². The average molecular weight is 461 g/mol. The van der Waals surface area contributed by atoms with E-state index < -0.39 is 0 Å². The first-order valence-corrected chi connectivity index (χ1v) is 10.4. The Hall–Kier alpha value is -0.421. The summed E-state index contributed by atoms with van der Waals surface area (Å²) >= 11 is -0.599. The summed E-state index contributed by atoms with van der Waals surface area (Å²) < 4.78 is 9.72. The van der Waals surface area contributed by atoms with Crippen molar-refractivity contribution in [2.75, 3.05) is 0 Å². The van der Waals surface area contributed by atoms with E-state index in [2.05, 4.69) is 70.3 Å². The third-order valence-corrected chi connectivity index (χ3v) is 7.74. The van der Waals surface area contributed by atoms with E-state index in [1.807, 2.05) is 0 Å². The summed E-state index contributed by atoms with van der Waals surface area (Å²) in [5, 5.41) is 0. The quantitative estimate of drug-likeness (QED) is 0.471. The van der Waals surface area contributed by atoms with E-state index in [-0.39, 0.29) is 41.8 Å². The first-order chi connectivity index (χ1) is 8.74. The van der Waals surface area contributed by atoms with Gasteiger partial charge < -0.3 is 0 Å². The van der Waals surface area contributed by atoms with Gasteiger partial charge in [-0.2, -0.15) is 0 Å². The maximum absolute atomic E-state index is 3.42. The van der Waals surface area contributed by atoms with Crippen LogP contribution in [0.3, 0.4) is 0 Å². The molecule has 0 aromatic heterocycles. The Bertz CT molecular complexity index is 505. The van der Waals surface area contributed by atoms with Crippen molar-refractivity contribution in [2.24, 2.45) is 0 Å². The monoisotopic (exact) mass is 466 g/mol. The van der Waals surface area contributed by atoms with Crippen molar-refractivity contribution in [3.8, 4) is 7.94 Å². The number of aryl methyl sites for hydroxylation is 2. The van der Waals surface area contributed by atoms with Gasteiger partial charge in [-0.25, -0.2) is 0 Å². The second-order valence-electron chi connectivity index (χ2n) is 4.03. The van der Waals surface area contributed by atoms with Crippen molar-refractivity contribution in [2.45, 2.75) is 13.8 Å². The fourth-order valence-electron chi connectivity index (χ4n) is 1.37. The topological polar surface area (TPSA) is 0 Å². The van der Waals surface area contributed by atoms with E-state index in [0.717, 1.165) is 0 Å². The van der Waals surface area contributed by atoms with Crippen molar-refractivity contribution < 1.29 is 0 Å². The molecule has 2 heteroatoms. The third kappa shape index (κ3) is 4.69. The molecule has 0 bridgehead atoms. The zero-order valence-corrected chi connectivity index (χ0v) is 15.1. The molecule has 18 heavy (non-hydrogen) atoms. The molecule has 0 amide bonds. The molecule has 0 nitrogen and oxygen atoms in total. The first-order valence-electron chi connectivity index (χ1n) is 5.71. The molecule has 0 spiro atoms. The summed E-state index contributed by atoms with van der Waals surface area (Å²) in [7, 11) is 0. The molecule has 2 aromatic rings. The Labute approximate surface area is 129 Å². The van der Waals surface area contributed by atoms with Crippen molar-refractivity contribution in [1.82, 2.24) is 0 Å². The van der Waals surface area contributed by atoms with E-state index in [4.69, 9.17) is 0 Å². The summed E-state index contributed by atoms with van der Waals surface area (Å²) in [6.45, 7) is 4.25. The predicted molar refractivity (Wildman–Crippen MR) is 80.9 cm³/mol. The van der Waals surface area contributed by atoms with Crippen LogP contribution in [0.1, 0.15) is 11.1 Å². The fraction of sp³-hybridized carbons (Fsp3) is 0.125. The Balaban J connectivity index is 1.89. The van der Waals surface area contributed by atoms with E-state index in [1.54, 1.807) is 0 Å². The SMILES string of the molecule is Cc1ccc([Te]C#C[Te]c2ccc(C)cc2)cc1. The van der Waals surface area contributed by atoms with Gasteiger partial charge in [0.1, 0.15) is 0 Å². The molecule has 0 atom stereocenters. The van der Waals surface area contributed by atoms with Crippen molar-refractivity contribution in [1.29, 1.82) is 0 Å². The van der Waals surface area contributed by atoms with Crippen LogP contribution in [-0.2, 0) is 0 Å². The molecule has 90 valence electrons. The molecule has 0 radical (unpaired) electrons. The van der Waals surface area contributed by atoms with E-state index in [0.29, 0.717) is 0 Å². The summed E-state index contributed by atoms with van der Waals surface area (Å²) in [4.78, 5) is 0. The van der Waals surface area contributed by atoms with Gasteiger partial charge in [0.15, 0.2) is 0 Å². The van der Waals surface area contributed by atoms with Crippen LogP contribution < -0.4 is 7.22 Å². The Kier molecular flexibility index (Phi) is 5.63. The third-order valence-electron chi connectivity index (χ3n) is 2.42. The van der Waals surface area contributed by atoms with E-state index in [1.165, 1.54) is 18.3 Å². The van der Waals surface area contributed by atoms with Crippen molar-refractivity contribution >= 4 is 49.1 Å². The van der Waals surface area contributed by atoms with Gasteiger partial charge in [0.2, 0.25) is 0 Å². The maximum atomic E-state index is 3.42. The van der Waals surface area contributed by atoms with Gasteiger partial charge in [0.05, 0.1) is 0 Å².